The minimum atomic E-state index is -1.34. The van der Waals surface area contributed by atoms with Gasteiger partial charge in [0.2, 0.25) is 0 Å². The number of aromatic nitrogens is 1. The molecule has 1 N–H and O–H groups in total. The number of benzene rings is 1. The molecule has 59 heavy (non-hydrogen) atoms. The van der Waals surface area contributed by atoms with Crippen LogP contribution < -0.4 is 0 Å². The molecule has 5 rings (SSSR count). The van der Waals surface area contributed by atoms with Gasteiger partial charge in [-0.3, -0.25) is 24.2 Å². The summed E-state index contributed by atoms with van der Waals surface area (Å²) in [7, 11) is 5.32. The van der Waals surface area contributed by atoms with Gasteiger partial charge in [-0.1, -0.05) is 52.0 Å². The number of aliphatic hydroxyl groups excluding tert-OH is 1. The number of carbonyl (C=O) groups excluding carboxylic acids is 4. The Labute approximate surface area is 353 Å². The number of fused-ring (bicyclic) bond motifs is 2. The quantitative estimate of drug-likeness (QED) is 0.226. The van der Waals surface area contributed by atoms with E-state index >= 15 is 0 Å². The average molecular weight is 843 g/mol. The van der Waals surface area contributed by atoms with Crippen LogP contribution in [0.3, 0.4) is 0 Å². The smallest absolute Gasteiger partial charge is 0.320 e. The summed E-state index contributed by atoms with van der Waals surface area (Å²) in [6, 6.07) is 11.7. The monoisotopic (exact) mass is 842 g/mol. The van der Waals surface area contributed by atoms with E-state index in [0.29, 0.717) is 25.0 Å². The highest BCUT2D eigenvalue weighted by Crippen LogP contribution is 2.49. The Bertz CT molecular complexity index is 1810. The number of para-hydroxylation sites is 1. The van der Waals surface area contributed by atoms with Crippen LogP contribution in [0, 0.1) is 29.6 Å². The van der Waals surface area contributed by atoms with E-state index in [9.17, 15) is 24.3 Å². The Morgan fingerprint density at radius 2 is 1.71 bits per heavy atom. The van der Waals surface area contributed by atoms with E-state index in [2.05, 4.69) is 0 Å². The van der Waals surface area contributed by atoms with Gasteiger partial charge in [0.15, 0.2) is 18.0 Å². The summed E-state index contributed by atoms with van der Waals surface area (Å²) in [5, 5.41) is 12.3. The van der Waals surface area contributed by atoms with E-state index < -0.39 is 94.7 Å². The van der Waals surface area contributed by atoms with Crippen molar-refractivity contribution in [2.75, 3.05) is 27.0 Å². The molecule has 14 heteroatoms. The van der Waals surface area contributed by atoms with Gasteiger partial charge in [-0.15, -0.1) is 11.8 Å². The lowest BCUT2D eigenvalue weighted by Gasteiger charge is -2.48. The first-order valence-electron chi connectivity index (χ1n) is 21.1. The zero-order valence-electron chi connectivity index (χ0n) is 36.8. The normalized spacial score (nSPS) is 38.7. The van der Waals surface area contributed by atoms with Crippen molar-refractivity contribution in [3.05, 3.63) is 42.1 Å². The van der Waals surface area contributed by atoms with Crippen LogP contribution in [0.5, 0.6) is 0 Å². The third kappa shape index (κ3) is 9.99. The summed E-state index contributed by atoms with van der Waals surface area (Å²) in [5.41, 5.74) is -0.798. The second-order valence-corrected chi connectivity index (χ2v) is 18.9. The summed E-state index contributed by atoms with van der Waals surface area (Å²) in [4.78, 5) is 62.1. The number of rotatable bonds is 10. The number of esters is 3. The molecular weight excluding hydrogens is 777 g/mol. The van der Waals surface area contributed by atoms with Gasteiger partial charge >= 0.3 is 17.9 Å². The molecule has 0 unspecified atom stereocenters. The third-order valence-corrected chi connectivity index (χ3v) is 14.4. The van der Waals surface area contributed by atoms with Crippen LogP contribution in [-0.4, -0.2) is 125 Å². The summed E-state index contributed by atoms with van der Waals surface area (Å²) in [6.07, 6.45) is -3.73. The molecule has 3 aliphatic rings. The molecule has 3 fully saturated rings. The zero-order chi connectivity index (χ0) is 43.6. The van der Waals surface area contributed by atoms with E-state index in [4.69, 9.17) is 33.4 Å². The summed E-state index contributed by atoms with van der Waals surface area (Å²) in [6.45, 7) is 15.7. The van der Waals surface area contributed by atoms with Crippen LogP contribution in [0.25, 0.3) is 10.9 Å². The Morgan fingerprint density at radius 3 is 2.36 bits per heavy atom. The largest absolute Gasteiger partial charge is 0.458 e. The lowest BCUT2D eigenvalue weighted by atomic mass is 9.70. The van der Waals surface area contributed by atoms with Crippen LogP contribution >= 0.6 is 11.8 Å². The van der Waals surface area contributed by atoms with Gasteiger partial charge in [0.05, 0.1) is 41.4 Å². The van der Waals surface area contributed by atoms with Gasteiger partial charge in [0.25, 0.3) is 0 Å². The van der Waals surface area contributed by atoms with Crippen molar-refractivity contribution < 1.29 is 52.7 Å². The molecule has 2 aromatic rings. The first-order valence-corrected chi connectivity index (χ1v) is 22.1. The number of Topliss-reactive ketones (excluding diaryl/α,β-unsaturated/α-hetero) is 1. The molecular formula is C45H66N2O11S. The number of methoxy groups -OCH3 is 1. The molecule has 1 aromatic heterocycles. The van der Waals surface area contributed by atoms with Crippen molar-refractivity contribution in [2.24, 2.45) is 29.6 Å². The Kier molecular flexibility index (Phi) is 15.3. The molecule has 4 heterocycles. The van der Waals surface area contributed by atoms with E-state index in [1.165, 1.54) is 25.8 Å². The van der Waals surface area contributed by atoms with E-state index in [1.54, 1.807) is 20.8 Å². The Balaban J connectivity index is 1.50. The third-order valence-electron chi connectivity index (χ3n) is 13.1. The Morgan fingerprint density at radius 1 is 1.02 bits per heavy atom. The SMILES string of the molecule is CC[C@H]1OC(=O)[C@H](C)[C@@H](O)[C@H](C)[C@@H](O[C@@H]2O[C@H](C)C[C@H](N(C)C)[C@H]2OC(C)=O)[C@](C)(OC)C[C@@H](C)C(=O)[C@H](C)[C@H]2[C@H](SCCc3ccc4ccccc4n3)C(=O)O[C@@]21C. The van der Waals surface area contributed by atoms with Gasteiger partial charge in [0, 0.05) is 48.8 Å². The van der Waals surface area contributed by atoms with Gasteiger partial charge in [-0.05, 0) is 85.4 Å². The van der Waals surface area contributed by atoms with Crippen LogP contribution in [0.15, 0.2) is 36.4 Å². The molecule has 0 bridgehead atoms. The number of hydrogen-bond donors (Lipinski definition) is 1. The molecule has 0 amide bonds. The number of nitrogens with zero attached hydrogens (tertiary/aromatic N) is 2. The first-order chi connectivity index (χ1) is 27.8. The predicted octanol–water partition coefficient (Wildman–Crippen LogP) is 5.80. The van der Waals surface area contributed by atoms with Gasteiger partial charge < -0.3 is 38.4 Å². The Hall–Kier alpha value is -3.14. The number of aliphatic hydroxyl groups is 1. The van der Waals surface area contributed by atoms with Gasteiger partial charge in [-0.2, -0.15) is 0 Å². The molecule has 3 aliphatic heterocycles. The number of ether oxygens (including phenoxy) is 6. The molecule has 0 saturated carbocycles. The molecule has 3 saturated heterocycles. The van der Waals surface area contributed by atoms with E-state index in [0.717, 1.165) is 16.6 Å². The molecule has 0 aliphatic carbocycles. The fourth-order valence-electron chi connectivity index (χ4n) is 9.74. The van der Waals surface area contributed by atoms with Crippen molar-refractivity contribution in [2.45, 2.75) is 147 Å². The second-order valence-electron chi connectivity index (χ2n) is 17.7. The van der Waals surface area contributed by atoms with E-state index in [-0.39, 0.29) is 24.3 Å². The van der Waals surface area contributed by atoms with Crippen molar-refractivity contribution in [1.29, 1.82) is 0 Å². The fourth-order valence-corrected chi connectivity index (χ4v) is 11.2. The van der Waals surface area contributed by atoms with Gasteiger partial charge in [0.1, 0.15) is 17.1 Å². The summed E-state index contributed by atoms with van der Waals surface area (Å²) in [5.74, 6) is -5.03. The maximum absolute atomic E-state index is 14.8. The number of pyridine rings is 1. The van der Waals surface area contributed by atoms with Gasteiger partial charge in [-0.25, -0.2) is 0 Å². The molecule has 1 aromatic carbocycles. The summed E-state index contributed by atoms with van der Waals surface area (Å²) >= 11 is 1.43. The highest BCUT2D eigenvalue weighted by molar-refractivity contribution is 8.00. The second kappa shape index (κ2) is 19.3. The summed E-state index contributed by atoms with van der Waals surface area (Å²) < 4.78 is 37.8. The average Bonchev–Trinajstić information content (AvgIpc) is 3.46. The van der Waals surface area contributed by atoms with Crippen molar-refractivity contribution in [3.63, 3.8) is 0 Å². The first kappa shape index (κ1) is 46.9. The minimum Gasteiger partial charge on any atom is -0.458 e. The zero-order valence-corrected chi connectivity index (χ0v) is 37.7. The molecule has 15 atom stereocenters. The highest BCUT2D eigenvalue weighted by Gasteiger charge is 2.61. The van der Waals surface area contributed by atoms with E-state index in [1.807, 2.05) is 90.0 Å². The topological polar surface area (TPSA) is 160 Å². The predicted molar refractivity (Wildman–Crippen MR) is 224 cm³/mol. The molecule has 0 spiro atoms. The number of aryl methyl sites for hydroxylation is 1. The maximum Gasteiger partial charge on any atom is 0.320 e. The highest BCUT2D eigenvalue weighted by atomic mass is 32.2. The van der Waals surface area contributed by atoms with Crippen molar-refractivity contribution >= 4 is 46.4 Å². The number of thioether (sulfide) groups is 1. The number of likely N-dealkylation sites (N-methyl/N-ethyl adjacent to an activating group) is 1. The molecule has 0 radical (unpaired) electrons. The standard InChI is InChI=1S/C45H66N2O11S/c1-13-34-45(9)35(39(42(52)58-45)59-21-20-31-19-18-30-16-14-15-17-32(30)46-31)26(4)36(49)24(2)23-44(8,53-12)40(27(5)37(50)28(6)41(51)56-34)57-43-38(55-29(7)48)33(47(10)11)22-25(3)54-43/h14-19,24-28,33-35,37-40,43,50H,13,20-23H2,1-12H3/t24-,25-,26-,27+,28-,33+,34-,35+,37+,38-,39+,40-,43+,44-,45-/m1/s1. The maximum atomic E-state index is 14.8. The molecule has 13 nitrogen and oxygen atoms in total. The van der Waals surface area contributed by atoms with Crippen LogP contribution in [0.4, 0.5) is 0 Å². The lowest BCUT2D eigenvalue weighted by molar-refractivity contribution is -0.303. The number of cyclic esters (lactones) is 1. The van der Waals surface area contributed by atoms with Crippen LogP contribution in [0.2, 0.25) is 0 Å². The number of hydrogen-bond acceptors (Lipinski definition) is 14. The minimum absolute atomic E-state index is 0.115. The lowest BCUT2D eigenvalue weighted by Crippen LogP contribution is -2.60. The fraction of sp³-hybridized carbons (Fsp3) is 0.711. The van der Waals surface area contributed by atoms with Crippen molar-refractivity contribution in [3.8, 4) is 0 Å². The van der Waals surface area contributed by atoms with Crippen LogP contribution in [-0.2, 0) is 54.0 Å². The molecule has 328 valence electrons. The number of carbonyl (C=O) groups is 4. The number of ketones is 1. The van der Waals surface area contributed by atoms with Crippen LogP contribution in [0.1, 0.15) is 87.3 Å². The van der Waals surface area contributed by atoms with Crippen molar-refractivity contribution in [1.82, 2.24) is 9.88 Å².